The Labute approximate surface area is 198 Å². The number of hydrogen-bond acceptors (Lipinski definition) is 7. The van der Waals surface area contributed by atoms with Crippen molar-refractivity contribution in [2.75, 3.05) is 51.6 Å². The summed E-state index contributed by atoms with van der Waals surface area (Å²) in [6.45, 7) is 4.63. The molecular formula is C20H24ClF2N5O4S. The first-order chi connectivity index (χ1) is 15.8. The first-order valence-electron chi connectivity index (χ1n) is 10.2. The molecule has 2 aromatic rings. The lowest BCUT2D eigenvalue weighted by atomic mass is 10.2. The minimum absolute atomic E-state index is 0.0545. The van der Waals surface area contributed by atoms with Crippen LogP contribution in [0.1, 0.15) is 22.3 Å². The number of nitrogens with zero attached hydrogens (tertiary/aromatic N) is 3. The highest BCUT2D eigenvalue weighted by Gasteiger charge is 2.24. The number of likely N-dealkylation sites (N-methyl/N-ethyl adjacent to an activating group) is 1. The number of piperazine rings is 1. The van der Waals surface area contributed by atoms with Crippen molar-refractivity contribution in [3.8, 4) is 5.88 Å². The average Bonchev–Trinajstić information content (AvgIpc) is 3.17. The second kappa shape index (κ2) is 11.5. The number of anilines is 1. The third-order valence-electron chi connectivity index (χ3n) is 5.13. The van der Waals surface area contributed by atoms with E-state index in [2.05, 4.69) is 31.9 Å². The summed E-state index contributed by atoms with van der Waals surface area (Å²) in [5, 5.41) is 14.3. The molecule has 13 heteroatoms. The highest BCUT2D eigenvalue weighted by atomic mass is 35.5. The van der Waals surface area contributed by atoms with Gasteiger partial charge in [-0.2, -0.15) is 4.37 Å². The van der Waals surface area contributed by atoms with Gasteiger partial charge in [0.25, 0.3) is 0 Å². The molecular weight excluding hydrogens is 480 g/mol. The van der Waals surface area contributed by atoms with Gasteiger partial charge in [0.2, 0.25) is 5.88 Å². The molecule has 0 saturated carbocycles. The first-order valence-corrected chi connectivity index (χ1v) is 11.3. The third-order valence-corrected chi connectivity index (χ3v) is 6.16. The van der Waals surface area contributed by atoms with Crippen LogP contribution in [0.2, 0.25) is 5.02 Å². The maximum absolute atomic E-state index is 14.0. The van der Waals surface area contributed by atoms with E-state index in [0.717, 1.165) is 51.3 Å². The van der Waals surface area contributed by atoms with E-state index in [0.29, 0.717) is 18.1 Å². The van der Waals surface area contributed by atoms with Crippen LogP contribution in [0.15, 0.2) is 12.1 Å². The molecule has 3 N–H and O–H groups in total. The minimum atomic E-state index is -1.41. The molecule has 0 aliphatic carbocycles. The van der Waals surface area contributed by atoms with Crippen molar-refractivity contribution in [3.05, 3.63) is 39.9 Å². The molecule has 2 amide bonds. The van der Waals surface area contributed by atoms with E-state index in [1.807, 2.05) is 0 Å². The number of rotatable bonds is 9. The number of carbonyl (C=O) groups is 2. The van der Waals surface area contributed by atoms with Crippen LogP contribution in [0.3, 0.4) is 0 Å². The lowest BCUT2D eigenvalue weighted by Gasteiger charge is -2.32. The number of aromatic nitrogens is 1. The van der Waals surface area contributed by atoms with Crippen LogP contribution in [0.4, 0.5) is 18.6 Å². The monoisotopic (exact) mass is 503 g/mol. The van der Waals surface area contributed by atoms with Gasteiger partial charge in [0.05, 0.1) is 10.6 Å². The molecule has 1 fully saturated rings. The second-order valence-electron chi connectivity index (χ2n) is 7.49. The summed E-state index contributed by atoms with van der Waals surface area (Å²) in [6, 6.07) is 1.45. The van der Waals surface area contributed by atoms with Crippen LogP contribution in [0.25, 0.3) is 0 Å². The van der Waals surface area contributed by atoms with E-state index in [-0.39, 0.29) is 15.9 Å². The molecule has 33 heavy (non-hydrogen) atoms. The summed E-state index contributed by atoms with van der Waals surface area (Å²) < 4.78 is 37.0. The fourth-order valence-corrected chi connectivity index (χ4v) is 4.11. The van der Waals surface area contributed by atoms with Crippen LogP contribution >= 0.6 is 23.1 Å². The van der Waals surface area contributed by atoms with Crippen molar-refractivity contribution in [1.82, 2.24) is 19.5 Å². The van der Waals surface area contributed by atoms with Crippen molar-refractivity contribution < 1.29 is 28.2 Å². The molecule has 0 spiro atoms. The van der Waals surface area contributed by atoms with Gasteiger partial charge in [0, 0.05) is 32.7 Å². The summed E-state index contributed by atoms with van der Waals surface area (Å²) in [5.74, 6) is -3.66. The molecule has 9 nitrogen and oxygen atoms in total. The number of aromatic carboxylic acids is 1. The van der Waals surface area contributed by atoms with Crippen molar-refractivity contribution in [3.63, 3.8) is 0 Å². The van der Waals surface area contributed by atoms with Gasteiger partial charge in [-0.05, 0) is 43.7 Å². The third kappa shape index (κ3) is 6.73. The van der Waals surface area contributed by atoms with E-state index in [1.165, 1.54) is 0 Å². The number of ether oxygens (including phenoxy) is 1. The van der Waals surface area contributed by atoms with Crippen LogP contribution < -0.4 is 15.4 Å². The van der Waals surface area contributed by atoms with E-state index >= 15 is 0 Å². The molecule has 2 heterocycles. The number of carboxylic acid groups (broad SMARTS) is 1. The Hall–Kier alpha value is -2.54. The van der Waals surface area contributed by atoms with Gasteiger partial charge in [0.1, 0.15) is 17.4 Å². The SMILES string of the molecule is CN1CCN(CCCNC(=O)Nc2snc(OCc3c(F)ccc(Cl)c3F)c2C(=O)O)CC1. The molecule has 1 aromatic carbocycles. The van der Waals surface area contributed by atoms with Gasteiger partial charge in [-0.15, -0.1) is 0 Å². The van der Waals surface area contributed by atoms with Crippen molar-refractivity contribution in [1.29, 1.82) is 0 Å². The topological polar surface area (TPSA) is 107 Å². The number of carbonyl (C=O) groups excluding carboxylic acids is 1. The Morgan fingerprint density at radius 2 is 2.00 bits per heavy atom. The Kier molecular flexibility index (Phi) is 8.78. The zero-order valence-corrected chi connectivity index (χ0v) is 19.4. The van der Waals surface area contributed by atoms with Crippen LogP contribution in [0.5, 0.6) is 5.88 Å². The zero-order valence-electron chi connectivity index (χ0n) is 17.9. The quantitative estimate of drug-likeness (QED) is 0.356. The lowest BCUT2D eigenvalue weighted by molar-refractivity contribution is 0.0693. The Morgan fingerprint density at radius 3 is 2.70 bits per heavy atom. The molecule has 1 saturated heterocycles. The number of carboxylic acids is 1. The number of amides is 2. The molecule has 0 bridgehead atoms. The normalized spacial score (nSPS) is 14.8. The Morgan fingerprint density at radius 1 is 1.27 bits per heavy atom. The number of benzene rings is 1. The number of halogens is 3. The van der Waals surface area contributed by atoms with Gasteiger partial charge in [0.15, 0.2) is 11.4 Å². The summed E-state index contributed by atoms with van der Waals surface area (Å²) in [5.41, 5.74) is -0.866. The number of urea groups is 1. The summed E-state index contributed by atoms with van der Waals surface area (Å²) in [6.07, 6.45) is 0.747. The van der Waals surface area contributed by atoms with Gasteiger partial charge < -0.3 is 25.0 Å². The van der Waals surface area contributed by atoms with Crippen LogP contribution in [-0.4, -0.2) is 77.6 Å². The minimum Gasteiger partial charge on any atom is -0.477 e. The number of hydrogen-bond donors (Lipinski definition) is 3. The van der Waals surface area contributed by atoms with E-state index in [9.17, 15) is 23.5 Å². The lowest BCUT2D eigenvalue weighted by Crippen LogP contribution is -2.45. The van der Waals surface area contributed by atoms with Crippen LogP contribution in [-0.2, 0) is 6.61 Å². The van der Waals surface area contributed by atoms with Gasteiger partial charge in [-0.25, -0.2) is 18.4 Å². The molecule has 3 rings (SSSR count). The first kappa shape index (κ1) is 25.1. The standard InChI is InChI=1S/C20H24ClF2N5O4S/c1-27-7-9-28(10-8-27)6-2-5-24-20(31)25-18-15(19(29)30)17(26-33-18)32-11-12-14(22)4-3-13(21)16(12)23/h3-4H,2,5-11H2,1H3,(H,29,30)(H2,24,25,31). The molecule has 1 aromatic heterocycles. The summed E-state index contributed by atoms with van der Waals surface area (Å²) in [7, 11) is 2.08. The van der Waals surface area contributed by atoms with Crippen molar-refractivity contribution in [2.45, 2.75) is 13.0 Å². The zero-order chi connectivity index (χ0) is 24.0. The van der Waals surface area contributed by atoms with Crippen LogP contribution in [0, 0.1) is 11.6 Å². The fourth-order valence-electron chi connectivity index (χ4n) is 3.21. The smallest absolute Gasteiger partial charge is 0.344 e. The van der Waals surface area contributed by atoms with Crippen molar-refractivity contribution >= 4 is 40.1 Å². The summed E-state index contributed by atoms with van der Waals surface area (Å²) >= 11 is 6.34. The Balaban J connectivity index is 1.53. The molecule has 0 atom stereocenters. The van der Waals surface area contributed by atoms with E-state index in [1.54, 1.807) is 0 Å². The maximum atomic E-state index is 14.0. The predicted molar refractivity (Wildman–Crippen MR) is 120 cm³/mol. The highest BCUT2D eigenvalue weighted by molar-refractivity contribution is 7.11. The predicted octanol–water partition coefficient (Wildman–Crippen LogP) is 3.11. The maximum Gasteiger partial charge on any atom is 0.344 e. The molecule has 1 aliphatic heterocycles. The van der Waals surface area contributed by atoms with Gasteiger partial charge in [-0.1, -0.05) is 11.6 Å². The molecule has 180 valence electrons. The molecule has 0 radical (unpaired) electrons. The van der Waals surface area contributed by atoms with Gasteiger partial charge >= 0.3 is 12.0 Å². The van der Waals surface area contributed by atoms with E-state index in [4.69, 9.17) is 16.3 Å². The summed E-state index contributed by atoms with van der Waals surface area (Å²) in [4.78, 5) is 28.4. The van der Waals surface area contributed by atoms with Crippen molar-refractivity contribution in [2.24, 2.45) is 0 Å². The molecule has 0 unspecified atom stereocenters. The number of nitrogens with one attached hydrogen (secondary N) is 2. The van der Waals surface area contributed by atoms with E-state index < -0.39 is 41.4 Å². The molecule has 1 aliphatic rings. The Bertz CT molecular complexity index is 1000. The average molecular weight is 504 g/mol. The fraction of sp³-hybridized carbons (Fsp3) is 0.450. The highest BCUT2D eigenvalue weighted by Crippen LogP contribution is 2.32. The largest absolute Gasteiger partial charge is 0.477 e. The van der Waals surface area contributed by atoms with Gasteiger partial charge in [-0.3, -0.25) is 5.32 Å². The second-order valence-corrected chi connectivity index (χ2v) is 8.67.